The second kappa shape index (κ2) is 12.9. The van der Waals surface area contributed by atoms with Gasteiger partial charge < -0.3 is 22.2 Å². The van der Waals surface area contributed by atoms with Gasteiger partial charge in [0.25, 0.3) is 0 Å². The van der Waals surface area contributed by atoms with Crippen molar-refractivity contribution in [3.8, 4) is 0 Å². The predicted molar refractivity (Wildman–Crippen MR) is 130 cm³/mol. The highest BCUT2D eigenvalue weighted by Crippen LogP contribution is 2.34. The molecular formula is C22H29F3N6OS. The number of benzene rings is 1. The van der Waals surface area contributed by atoms with E-state index in [1.165, 1.54) is 32.3 Å². The van der Waals surface area contributed by atoms with Gasteiger partial charge >= 0.3 is 6.18 Å². The van der Waals surface area contributed by atoms with Gasteiger partial charge in [-0.15, -0.1) is 12.6 Å². The molecule has 0 bridgehead atoms. The molecule has 1 amide bonds. The van der Waals surface area contributed by atoms with E-state index < -0.39 is 17.6 Å². The van der Waals surface area contributed by atoms with Crippen LogP contribution in [0.15, 0.2) is 36.0 Å². The Morgan fingerprint density at radius 1 is 1.33 bits per heavy atom. The van der Waals surface area contributed by atoms with Crippen molar-refractivity contribution in [1.82, 2.24) is 10.2 Å². The summed E-state index contributed by atoms with van der Waals surface area (Å²) < 4.78 is 36.6. The Labute approximate surface area is 196 Å². The molecule has 1 aliphatic rings. The van der Waals surface area contributed by atoms with Crippen LogP contribution in [0.2, 0.25) is 0 Å². The molecule has 11 heteroatoms. The van der Waals surface area contributed by atoms with Crippen molar-refractivity contribution >= 4 is 40.9 Å². The first-order chi connectivity index (χ1) is 15.6. The van der Waals surface area contributed by atoms with Gasteiger partial charge in [-0.3, -0.25) is 9.89 Å². The summed E-state index contributed by atoms with van der Waals surface area (Å²) in [5, 5.41) is 17.0. The first-order valence-electron chi connectivity index (χ1n) is 10.1. The summed E-state index contributed by atoms with van der Waals surface area (Å²) in [6.07, 6.45) is 1.51. The lowest BCUT2D eigenvalue weighted by Gasteiger charge is -2.14. The van der Waals surface area contributed by atoms with E-state index >= 15 is 0 Å². The van der Waals surface area contributed by atoms with Crippen molar-refractivity contribution in [2.45, 2.75) is 39.3 Å². The van der Waals surface area contributed by atoms with E-state index in [4.69, 9.17) is 11.1 Å². The molecule has 0 saturated heterocycles. The molecule has 3 rings (SSSR count). The molecule has 1 aromatic carbocycles. The smallest absolute Gasteiger partial charge is 0.401 e. The van der Waals surface area contributed by atoms with Crippen LogP contribution in [0.1, 0.15) is 49.2 Å². The number of thiol groups is 1. The lowest BCUT2D eigenvalue weighted by Crippen LogP contribution is -2.09. The summed E-state index contributed by atoms with van der Waals surface area (Å²) >= 11 is 4.41. The van der Waals surface area contributed by atoms with Gasteiger partial charge in [-0.1, -0.05) is 19.1 Å². The summed E-state index contributed by atoms with van der Waals surface area (Å²) in [5.74, 6) is -0.399. The summed E-state index contributed by atoms with van der Waals surface area (Å²) in [4.78, 5) is 11.4. The largest absolute Gasteiger partial charge is 0.416 e. The molecule has 180 valence electrons. The molecule has 2 aromatic rings. The second-order valence-electron chi connectivity index (χ2n) is 6.77. The van der Waals surface area contributed by atoms with Crippen LogP contribution in [0.3, 0.4) is 0 Å². The maximum atomic E-state index is 12.2. The molecule has 0 saturated carbocycles. The molecule has 1 aliphatic carbocycles. The molecule has 0 spiro atoms. The van der Waals surface area contributed by atoms with Crippen LogP contribution in [0, 0.1) is 5.41 Å². The summed E-state index contributed by atoms with van der Waals surface area (Å²) in [5.41, 5.74) is 14.3. The number of aromatic amines is 1. The van der Waals surface area contributed by atoms with Crippen LogP contribution >= 0.6 is 12.6 Å². The van der Waals surface area contributed by atoms with Crippen molar-refractivity contribution < 1.29 is 18.0 Å². The molecule has 0 radical (unpaired) electrons. The number of rotatable bonds is 4. The average molecular weight is 483 g/mol. The number of H-pyrrole nitrogens is 1. The number of fused-ring (bicyclic) bond motifs is 1. The highest BCUT2D eigenvalue weighted by Gasteiger charge is 2.30. The Bertz CT molecular complexity index is 1030. The van der Waals surface area contributed by atoms with Gasteiger partial charge in [-0.2, -0.15) is 18.3 Å². The number of hydrogen-bond acceptors (Lipinski definition) is 6. The number of anilines is 1. The third-order valence-corrected chi connectivity index (χ3v) is 4.93. The zero-order valence-electron chi connectivity index (χ0n) is 18.7. The third kappa shape index (κ3) is 7.79. The zero-order valence-corrected chi connectivity index (χ0v) is 19.6. The minimum atomic E-state index is -4.38. The van der Waals surface area contributed by atoms with Gasteiger partial charge in [0.05, 0.1) is 17.0 Å². The van der Waals surface area contributed by atoms with Crippen LogP contribution in [0.4, 0.5) is 18.9 Å². The lowest BCUT2D eigenvalue weighted by molar-refractivity contribution is -0.137. The maximum Gasteiger partial charge on any atom is 0.416 e. The number of allylic oxidation sites excluding steroid dienone is 3. The molecule has 7 nitrogen and oxygen atoms in total. The number of carbonyl (C=O) groups excluding carboxylic acids is 1. The summed E-state index contributed by atoms with van der Waals surface area (Å²) in [7, 11) is 1.50. The number of nitrogens with one attached hydrogen (secondary N) is 3. The molecule has 1 heterocycles. The molecule has 0 atom stereocenters. The number of aromatic nitrogens is 2. The SMILES string of the molecule is CC(=O)Nc1cccc(C(F)(F)F)c1.CC/C=C(\C=N)c1n[nH]c2c1CCC(N)=C2S.CN. The molecule has 0 fully saturated rings. The number of halogens is 3. The first-order valence-corrected chi connectivity index (χ1v) is 10.5. The van der Waals surface area contributed by atoms with E-state index in [1.807, 2.05) is 13.0 Å². The fourth-order valence-corrected chi connectivity index (χ4v) is 3.30. The summed E-state index contributed by atoms with van der Waals surface area (Å²) in [6.45, 7) is 3.28. The average Bonchev–Trinajstić information content (AvgIpc) is 3.20. The van der Waals surface area contributed by atoms with Crippen molar-refractivity contribution in [2.75, 3.05) is 12.4 Å². The normalized spacial score (nSPS) is 13.2. The Kier molecular flexibility index (Phi) is 10.9. The molecule has 0 unspecified atom stereocenters. The quantitative estimate of drug-likeness (QED) is 0.281. The van der Waals surface area contributed by atoms with Gasteiger partial charge in [-0.25, -0.2) is 0 Å². The topological polar surface area (TPSA) is 134 Å². The van der Waals surface area contributed by atoms with E-state index in [1.54, 1.807) is 0 Å². The lowest BCUT2D eigenvalue weighted by atomic mass is 9.96. The highest BCUT2D eigenvalue weighted by atomic mass is 32.1. The standard InChI is InChI=1S/C12H16N4S.C9H8F3NO.CH5N/c1-2-3-7(6-13)10-8-4-5-9(14)12(17)11(8)16-15-10;1-6(14)13-8-4-2-3-7(5-8)9(10,11)12;1-2/h3,6,13,17H,2,4-5,14H2,1H3,(H,15,16);2-5H,1H3,(H,13,14);2H2,1H3/b7-3+,13-6?;;. The minimum absolute atomic E-state index is 0.146. The van der Waals surface area contributed by atoms with Gasteiger partial charge in [0, 0.05) is 40.6 Å². The van der Waals surface area contributed by atoms with E-state index in [0.717, 1.165) is 64.5 Å². The molecular weight excluding hydrogens is 453 g/mol. The van der Waals surface area contributed by atoms with Gasteiger partial charge in [0.1, 0.15) is 0 Å². The van der Waals surface area contributed by atoms with Crippen LogP contribution in [-0.4, -0.2) is 29.4 Å². The number of amides is 1. The molecule has 33 heavy (non-hydrogen) atoms. The fourth-order valence-electron chi connectivity index (χ4n) is 3.00. The molecule has 0 aliphatic heterocycles. The van der Waals surface area contributed by atoms with Crippen LogP contribution < -0.4 is 16.8 Å². The van der Waals surface area contributed by atoms with Crippen molar-refractivity contribution in [1.29, 1.82) is 5.41 Å². The fraction of sp³-hybridized carbons (Fsp3) is 0.318. The van der Waals surface area contributed by atoms with E-state index in [0.29, 0.717) is 0 Å². The van der Waals surface area contributed by atoms with Crippen molar-refractivity contribution in [3.63, 3.8) is 0 Å². The van der Waals surface area contributed by atoms with E-state index in [2.05, 4.69) is 33.9 Å². The van der Waals surface area contributed by atoms with Gasteiger partial charge in [0.15, 0.2) is 0 Å². The Balaban J connectivity index is 0.000000313. The minimum Gasteiger partial charge on any atom is -0.401 e. The highest BCUT2D eigenvalue weighted by molar-refractivity contribution is 7.90. The van der Waals surface area contributed by atoms with Crippen LogP contribution in [-0.2, 0) is 17.4 Å². The first kappa shape index (κ1) is 28.0. The second-order valence-corrected chi connectivity index (χ2v) is 7.22. The Morgan fingerprint density at radius 2 is 2.00 bits per heavy atom. The number of alkyl halides is 3. The molecule has 7 N–H and O–H groups in total. The van der Waals surface area contributed by atoms with Crippen LogP contribution in [0.5, 0.6) is 0 Å². The van der Waals surface area contributed by atoms with Gasteiger partial charge in [-0.05, 0) is 44.5 Å². The monoisotopic (exact) mass is 482 g/mol. The zero-order chi connectivity index (χ0) is 25.2. The Hall–Kier alpha value is -3.05. The van der Waals surface area contributed by atoms with E-state index in [-0.39, 0.29) is 5.69 Å². The van der Waals surface area contributed by atoms with Crippen molar-refractivity contribution in [3.05, 3.63) is 58.6 Å². The van der Waals surface area contributed by atoms with Crippen molar-refractivity contribution in [2.24, 2.45) is 11.5 Å². The third-order valence-electron chi connectivity index (χ3n) is 4.42. The molecule has 1 aromatic heterocycles. The van der Waals surface area contributed by atoms with E-state index in [9.17, 15) is 18.0 Å². The summed E-state index contributed by atoms with van der Waals surface area (Å²) in [6, 6.07) is 4.48. The van der Waals surface area contributed by atoms with Gasteiger partial charge in [0.2, 0.25) is 5.91 Å². The number of nitrogens with two attached hydrogens (primary N) is 2. The van der Waals surface area contributed by atoms with Crippen LogP contribution in [0.25, 0.3) is 10.5 Å². The number of hydrogen-bond donors (Lipinski definition) is 6. The Morgan fingerprint density at radius 3 is 2.55 bits per heavy atom. The predicted octanol–water partition coefficient (Wildman–Crippen LogP) is 4.59. The maximum absolute atomic E-state index is 12.2. The number of carbonyl (C=O) groups is 1. The number of nitrogens with zero attached hydrogens (tertiary/aromatic N) is 1.